The van der Waals surface area contributed by atoms with E-state index in [1.54, 1.807) is 26.8 Å². The van der Waals surface area contributed by atoms with Crippen molar-refractivity contribution in [3.8, 4) is 28.1 Å². The summed E-state index contributed by atoms with van der Waals surface area (Å²) in [5.74, 6) is 0.00673. The zero-order chi connectivity index (χ0) is 34.8. The van der Waals surface area contributed by atoms with Gasteiger partial charge in [0.1, 0.15) is 40.5 Å². The third kappa shape index (κ3) is 8.11. The largest absolute Gasteiger partial charge is 0.491 e. The van der Waals surface area contributed by atoms with E-state index in [-0.39, 0.29) is 17.8 Å². The van der Waals surface area contributed by atoms with Crippen LogP contribution in [0.3, 0.4) is 0 Å². The first-order valence-corrected chi connectivity index (χ1v) is 16.7. The summed E-state index contributed by atoms with van der Waals surface area (Å²) in [7, 11) is 0. The van der Waals surface area contributed by atoms with Crippen LogP contribution in [0.2, 0.25) is 5.15 Å². The van der Waals surface area contributed by atoms with Crippen molar-refractivity contribution in [3.63, 3.8) is 0 Å². The summed E-state index contributed by atoms with van der Waals surface area (Å²) in [6.07, 6.45) is 1.37. The molecule has 11 heteroatoms. The average molecular weight is 682 g/mol. The van der Waals surface area contributed by atoms with Crippen molar-refractivity contribution in [2.75, 3.05) is 44.4 Å². The monoisotopic (exact) mass is 681 g/mol. The van der Waals surface area contributed by atoms with Crippen LogP contribution in [0.1, 0.15) is 57.2 Å². The van der Waals surface area contributed by atoms with E-state index in [9.17, 15) is 14.3 Å². The number of aliphatic hydroxyl groups is 1. The van der Waals surface area contributed by atoms with Crippen molar-refractivity contribution in [1.29, 1.82) is 0 Å². The molecule has 1 fully saturated rings. The van der Waals surface area contributed by atoms with Gasteiger partial charge in [-0.2, -0.15) is 0 Å². The molecule has 0 aliphatic carbocycles. The van der Waals surface area contributed by atoms with Crippen molar-refractivity contribution in [1.82, 2.24) is 9.38 Å². The number of anilines is 1. The Labute approximate surface area is 286 Å². The van der Waals surface area contributed by atoms with Crippen LogP contribution >= 0.6 is 11.6 Å². The summed E-state index contributed by atoms with van der Waals surface area (Å²) in [6, 6.07) is 12.1. The number of imidazole rings is 1. The Morgan fingerprint density at radius 2 is 1.69 bits per heavy atom. The number of hydrogen-bond acceptors (Lipinski definition) is 7. The van der Waals surface area contributed by atoms with Crippen LogP contribution in [0.4, 0.5) is 10.2 Å². The smallest absolute Gasteiger partial charge is 0.307 e. The molecule has 4 aromatic rings. The molecule has 0 atom stereocenters. The number of aromatic nitrogens is 2. The maximum Gasteiger partial charge on any atom is 0.307 e. The quantitative estimate of drug-likeness (QED) is 0.213. The molecule has 5 heterocycles. The van der Waals surface area contributed by atoms with Crippen molar-refractivity contribution in [3.05, 3.63) is 70.1 Å². The average Bonchev–Trinajstić information content (AvgIpc) is 3.36. The lowest BCUT2D eigenvalue weighted by molar-refractivity contribution is -0.136. The van der Waals surface area contributed by atoms with Crippen LogP contribution in [0.15, 0.2) is 42.5 Å². The highest BCUT2D eigenvalue weighted by Crippen LogP contribution is 2.41. The molecule has 3 aliphatic rings. The van der Waals surface area contributed by atoms with E-state index in [2.05, 4.69) is 11.8 Å². The molecule has 9 nitrogen and oxygen atoms in total. The number of aryl methyl sites for hydroxylation is 1. The fourth-order valence-corrected chi connectivity index (χ4v) is 6.42. The van der Waals surface area contributed by atoms with Crippen molar-refractivity contribution < 1.29 is 33.6 Å². The molecule has 0 unspecified atom stereocenters. The molecular formula is C37H45ClFN3O6. The standard InChI is InChI=1S/C33H35ClFN3O5.C4H10O/c1-20-21(2)31-36-29-23-6-4-5-22(17-23)26-18-24(35)7-8-27(26)42-15-13-41-14-16-43-33(3)9-11-37(12-10-33)32(38(31)30(29)34)25(20)19-28(39)40;1-4(2,3)5/h4-8,17-18H,9-16,19H2,1-3H3,(H,39,40);5H,1-3H3. The van der Waals surface area contributed by atoms with E-state index in [0.29, 0.717) is 67.3 Å². The minimum absolute atomic E-state index is 0.138. The number of halogens is 2. The van der Waals surface area contributed by atoms with Crippen LogP contribution in [0.5, 0.6) is 5.75 Å². The number of hydrogen-bond donors (Lipinski definition) is 2. The van der Waals surface area contributed by atoms with E-state index in [0.717, 1.165) is 46.5 Å². The number of carboxylic acids is 1. The van der Waals surface area contributed by atoms with Gasteiger partial charge in [0.15, 0.2) is 0 Å². The van der Waals surface area contributed by atoms with Crippen molar-refractivity contribution in [2.45, 2.75) is 72.0 Å². The highest BCUT2D eigenvalue weighted by Gasteiger charge is 2.34. The highest BCUT2D eigenvalue weighted by molar-refractivity contribution is 6.32. The number of pyridine rings is 1. The Morgan fingerprint density at radius 1 is 1.02 bits per heavy atom. The molecule has 0 spiro atoms. The topological polar surface area (TPSA) is 106 Å². The predicted molar refractivity (Wildman–Crippen MR) is 186 cm³/mol. The minimum Gasteiger partial charge on any atom is -0.491 e. The van der Waals surface area contributed by atoms with Gasteiger partial charge in [0.25, 0.3) is 0 Å². The summed E-state index contributed by atoms with van der Waals surface area (Å²) in [6.45, 7) is 14.1. The van der Waals surface area contributed by atoms with E-state index in [1.165, 1.54) is 12.1 Å². The first-order valence-electron chi connectivity index (χ1n) is 16.3. The number of piperidine rings is 1. The number of nitrogens with zero attached hydrogens (tertiary/aromatic N) is 3. The maximum atomic E-state index is 14.4. The molecule has 48 heavy (non-hydrogen) atoms. The zero-order valence-electron chi connectivity index (χ0n) is 28.5. The summed E-state index contributed by atoms with van der Waals surface area (Å²) in [5.41, 5.74) is 4.98. The molecule has 0 radical (unpaired) electrons. The van der Waals surface area contributed by atoms with Gasteiger partial charge in [-0.15, -0.1) is 0 Å². The fourth-order valence-electron chi connectivity index (χ4n) is 6.10. The van der Waals surface area contributed by atoms with Crippen LogP contribution in [-0.2, 0) is 20.7 Å². The Morgan fingerprint density at radius 3 is 2.38 bits per heavy atom. The van der Waals surface area contributed by atoms with Gasteiger partial charge in [-0.05, 0) is 95.3 Å². The van der Waals surface area contributed by atoms with Crippen LogP contribution in [-0.4, -0.2) is 76.3 Å². The lowest BCUT2D eigenvalue weighted by Crippen LogP contribution is -2.45. The van der Waals surface area contributed by atoms with Gasteiger partial charge >= 0.3 is 5.97 Å². The number of fused-ring (bicyclic) bond motifs is 8. The number of rotatable bonds is 2. The second-order valence-electron chi connectivity index (χ2n) is 13.7. The Kier molecular flexibility index (Phi) is 10.7. The molecule has 0 amide bonds. The van der Waals surface area contributed by atoms with Crippen LogP contribution < -0.4 is 9.64 Å². The molecule has 2 aromatic heterocycles. The summed E-state index contributed by atoms with van der Waals surface area (Å²) in [4.78, 5) is 19.3. The highest BCUT2D eigenvalue weighted by atomic mass is 35.5. The SMILES string of the molecule is CC(C)(C)O.Cc1c(CC(=O)O)c2n3c(Cl)c(nc3c1C)-c1cccc(c1)-c1cc(F)ccc1OCCOCCOC1(C)CCN2CC1. The van der Waals surface area contributed by atoms with E-state index >= 15 is 0 Å². The van der Waals surface area contributed by atoms with E-state index in [1.807, 2.05) is 42.5 Å². The zero-order valence-corrected chi connectivity index (χ0v) is 29.3. The van der Waals surface area contributed by atoms with E-state index < -0.39 is 11.6 Å². The van der Waals surface area contributed by atoms with Crippen LogP contribution in [0, 0.1) is 19.7 Å². The molecule has 1 saturated heterocycles. The summed E-state index contributed by atoms with van der Waals surface area (Å²) >= 11 is 7.19. The molecule has 0 saturated carbocycles. The second kappa shape index (κ2) is 14.4. The number of carbonyl (C=O) groups is 1. The van der Waals surface area contributed by atoms with Crippen molar-refractivity contribution in [2.24, 2.45) is 0 Å². The molecule has 3 aliphatic heterocycles. The Hall–Kier alpha value is -3.70. The van der Waals surface area contributed by atoms with Crippen molar-refractivity contribution >= 4 is 29.0 Å². The van der Waals surface area contributed by atoms with E-state index in [4.69, 9.17) is 35.9 Å². The molecule has 258 valence electrons. The number of carboxylic acid groups (broad SMARTS) is 1. The fraction of sp³-hybridized carbons (Fsp3) is 0.459. The van der Waals surface area contributed by atoms with Crippen LogP contribution in [0.25, 0.3) is 28.0 Å². The first-order chi connectivity index (χ1) is 22.6. The molecule has 2 aromatic carbocycles. The maximum absolute atomic E-state index is 14.4. The minimum atomic E-state index is -0.910. The van der Waals surface area contributed by atoms with Gasteiger partial charge in [-0.25, -0.2) is 9.37 Å². The third-order valence-corrected chi connectivity index (χ3v) is 9.00. The number of aliphatic carboxylic acids is 1. The molecule has 2 N–H and O–H groups in total. The Bertz CT molecular complexity index is 1790. The van der Waals surface area contributed by atoms with Gasteiger partial charge in [0.05, 0.1) is 37.4 Å². The third-order valence-electron chi connectivity index (χ3n) is 8.65. The second-order valence-corrected chi connectivity index (χ2v) is 14.0. The van der Waals surface area contributed by atoms with Gasteiger partial charge in [-0.1, -0.05) is 29.8 Å². The first kappa shape index (κ1) is 35.6. The van der Waals surface area contributed by atoms with Gasteiger partial charge in [0, 0.05) is 29.8 Å². The Balaban J connectivity index is 0.000000840. The molecule has 7 rings (SSSR count). The predicted octanol–water partition coefficient (Wildman–Crippen LogP) is 7.27. The normalized spacial score (nSPS) is 16.6. The number of benzene rings is 2. The molecular weight excluding hydrogens is 637 g/mol. The molecule has 6 bridgehead atoms. The lowest BCUT2D eigenvalue weighted by atomic mass is 9.92. The van der Waals surface area contributed by atoms with Gasteiger partial charge in [-0.3, -0.25) is 9.20 Å². The van der Waals surface area contributed by atoms with Gasteiger partial charge in [0.2, 0.25) is 0 Å². The summed E-state index contributed by atoms with van der Waals surface area (Å²) in [5, 5.41) is 18.8. The number of ether oxygens (including phenoxy) is 3. The lowest BCUT2D eigenvalue weighted by Gasteiger charge is -2.41. The van der Waals surface area contributed by atoms with Gasteiger partial charge < -0.3 is 29.3 Å². The summed E-state index contributed by atoms with van der Waals surface area (Å²) < 4.78 is 34.4.